The lowest BCUT2D eigenvalue weighted by Crippen LogP contribution is -1.99. The molecule has 2 aromatic carbocycles. The third-order valence-electron chi connectivity index (χ3n) is 2.62. The van der Waals surface area contributed by atoms with Crippen LogP contribution in [-0.2, 0) is 0 Å². The molecular weight excluding hydrogens is 289 g/mol. The molecule has 18 heavy (non-hydrogen) atoms. The molecule has 0 spiro atoms. The number of halogens is 3. The van der Waals surface area contributed by atoms with E-state index in [-0.39, 0.29) is 0 Å². The Hall–Kier alpha value is -1.20. The van der Waals surface area contributed by atoms with Crippen LogP contribution in [0, 0.1) is 11.3 Å². The van der Waals surface area contributed by atoms with Crippen LogP contribution in [0.3, 0.4) is 0 Å². The maximum Gasteiger partial charge on any atom is 0.0977 e. The number of rotatable bonds is 2. The Balaban J connectivity index is 2.49. The van der Waals surface area contributed by atoms with E-state index in [0.717, 1.165) is 5.56 Å². The van der Waals surface area contributed by atoms with E-state index in [1.165, 1.54) is 0 Å². The maximum atomic E-state index is 9.33. The fourth-order valence-corrected chi connectivity index (χ4v) is 2.27. The zero-order valence-corrected chi connectivity index (χ0v) is 11.5. The minimum Gasteiger partial charge on any atom is -0.197 e. The first-order valence-electron chi connectivity index (χ1n) is 5.22. The average Bonchev–Trinajstić information content (AvgIpc) is 2.37. The van der Waals surface area contributed by atoms with Gasteiger partial charge in [0, 0.05) is 5.02 Å². The Morgan fingerprint density at radius 1 is 0.944 bits per heavy atom. The summed E-state index contributed by atoms with van der Waals surface area (Å²) in [7, 11) is 0. The Kier molecular flexibility index (Phi) is 4.14. The number of hydrogen-bond donors (Lipinski definition) is 0. The van der Waals surface area contributed by atoms with E-state index >= 15 is 0 Å². The Morgan fingerprint density at radius 3 is 2.22 bits per heavy atom. The summed E-state index contributed by atoms with van der Waals surface area (Å²) in [5.41, 5.74) is 1.54. The second-order valence-electron chi connectivity index (χ2n) is 3.76. The standard InChI is InChI=1S/C14H8Cl3N/c15-10-6-4-9(5-7-10)12(8-18)11-2-1-3-13(16)14(11)17/h1-7,12H. The van der Waals surface area contributed by atoms with Gasteiger partial charge >= 0.3 is 0 Å². The number of nitriles is 1. The Morgan fingerprint density at radius 2 is 1.61 bits per heavy atom. The molecular formula is C14H8Cl3N. The van der Waals surface area contributed by atoms with Crippen molar-refractivity contribution >= 4 is 34.8 Å². The normalized spacial score (nSPS) is 11.9. The van der Waals surface area contributed by atoms with Gasteiger partial charge in [-0.15, -0.1) is 0 Å². The second kappa shape index (κ2) is 5.63. The summed E-state index contributed by atoms with van der Waals surface area (Å²) in [4.78, 5) is 0. The van der Waals surface area contributed by atoms with Crippen LogP contribution in [-0.4, -0.2) is 0 Å². The van der Waals surface area contributed by atoms with Gasteiger partial charge in [-0.1, -0.05) is 59.1 Å². The lowest BCUT2D eigenvalue weighted by atomic mass is 9.93. The first kappa shape index (κ1) is 13.2. The van der Waals surface area contributed by atoms with Crippen molar-refractivity contribution in [2.45, 2.75) is 5.92 Å². The molecule has 0 saturated heterocycles. The van der Waals surface area contributed by atoms with Gasteiger partial charge in [-0.2, -0.15) is 5.26 Å². The van der Waals surface area contributed by atoms with Gasteiger partial charge in [0.2, 0.25) is 0 Å². The predicted molar refractivity (Wildman–Crippen MR) is 75.4 cm³/mol. The largest absolute Gasteiger partial charge is 0.197 e. The van der Waals surface area contributed by atoms with Gasteiger partial charge in [0.15, 0.2) is 0 Å². The highest BCUT2D eigenvalue weighted by Crippen LogP contribution is 2.34. The van der Waals surface area contributed by atoms with Crippen LogP contribution in [0.2, 0.25) is 15.1 Å². The molecule has 2 aromatic rings. The van der Waals surface area contributed by atoms with E-state index in [2.05, 4.69) is 6.07 Å². The molecule has 0 saturated carbocycles. The number of benzene rings is 2. The number of hydrogen-bond acceptors (Lipinski definition) is 1. The van der Waals surface area contributed by atoms with E-state index in [1.54, 1.807) is 30.3 Å². The van der Waals surface area contributed by atoms with Crippen LogP contribution < -0.4 is 0 Å². The van der Waals surface area contributed by atoms with E-state index in [1.807, 2.05) is 12.1 Å². The third-order valence-corrected chi connectivity index (χ3v) is 3.71. The quantitative estimate of drug-likeness (QED) is 0.737. The Labute approximate surface area is 121 Å². The molecule has 0 aliphatic carbocycles. The SMILES string of the molecule is N#CC(c1ccc(Cl)cc1)c1cccc(Cl)c1Cl. The minimum atomic E-state index is -0.450. The molecule has 1 atom stereocenters. The van der Waals surface area contributed by atoms with Crippen LogP contribution in [0.5, 0.6) is 0 Å². The summed E-state index contributed by atoms with van der Waals surface area (Å²) in [5, 5.41) is 10.8. The van der Waals surface area contributed by atoms with E-state index in [0.29, 0.717) is 20.6 Å². The van der Waals surface area contributed by atoms with Gasteiger partial charge in [-0.25, -0.2) is 0 Å². The Bertz CT molecular complexity index is 599. The summed E-state index contributed by atoms with van der Waals surface area (Å²) < 4.78 is 0. The van der Waals surface area contributed by atoms with Crippen molar-refractivity contribution in [1.82, 2.24) is 0 Å². The van der Waals surface area contributed by atoms with Crippen molar-refractivity contribution in [3.8, 4) is 6.07 Å². The first-order chi connectivity index (χ1) is 8.63. The molecule has 0 aliphatic heterocycles. The highest BCUT2D eigenvalue weighted by atomic mass is 35.5. The molecule has 4 heteroatoms. The summed E-state index contributed by atoms with van der Waals surface area (Å²) in [6, 6.07) is 14.6. The molecule has 0 aromatic heterocycles. The highest BCUT2D eigenvalue weighted by Gasteiger charge is 2.17. The molecule has 0 amide bonds. The minimum absolute atomic E-state index is 0.417. The summed E-state index contributed by atoms with van der Waals surface area (Å²) in [6.45, 7) is 0. The van der Waals surface area contributed by atoms with Gasteiger partial charge < -0.3 is 0 Å². The van der Waals surface area contributed by atoms with Crippen LogP contribution in [0.1, 0.15) is 17.0 Å². The van der Waals surface area contributed by atoms with E-state index in [9.17, 15) is 5.26 Å². The van der Waals surface area contributed by atoms with Crippen molar-refractivity contribution in [3.05, 3.63) is 68.7 Å². The molecule has 0 N–H and O–H groups in total. The molecule has 90 valence electrons. The zero-order chi connectivity index (χ0) is 13.1. The average molecular weight is 297 g/mol. The molecule has 0 bridgehead atoms. The highest BCUT2D eigenvalue weighted by molar-refractivity contribution is 6.42. The van der Waals surface area contributed by atoms with Crippen LogP contribution in [0.15, 0.2) is 42.5 Å². The second-order valence-corrected chi connectivity index (χ2v) is 4.98. The lowest BCUT2D eigenvalue weighted by Gasteiger charge is -2.12. The third kappa shape index (κ3) is 2.62. The molecule has 0 radical (unpaired) electrons. The monoisotopic (exact) mass is 295 g/mol. The lowest BCUT2D eigenvalue weighted by molar-refractivity contribution is 1.04. The molecule has 2 rings (SSSR count). The summed E-state index contributed by atoms with van der Waals surface area (Å²) >= 11 is 17.9. The van der Waals surface area contributed by atoms with E-state index < -0.39 is 5.92 Å². The van der Waals surface area contributed by atoms with Crippen molar-refractivity contribution in [2.24, 2.45) is 0 Å². The van der Waals surface area contributed by atoms with Gasteiger partial charge in [0.1, 0.15) is 0 Å². The van der Waals surface area contributed by atoms with Gasteiger partial charge in [-0.3, -0.25) is 0 Å². The first-order valence-corrected chi connectivity index (χ1v) is 6.36. The molecule has 0 fully saturated rings. The molecule has 1 nitrogen and oxygen atoms in total. The van der Waals surface area contributed by atoms with Gasteiger partial charge in [0.05, 0.1) is 22.0 Å². The van der Waals surface area contributed by atoms with Gasteiger partial charge in [-0.05, 0) is 29.3 Å². The van der Waals surface area contributed by atoms with Crippen molar-refractivity contribution in [2.75, 3.05) is 0 Å². The van der Waals surface area contributed by atoms with Crippen molar-refractivity contribution in [3.63, 3.8) is 0 Å². The summed E-state index contributed by atoms with van der Waals surface area (Å²) in [5.74, 6) is -0.450. The zero-order valence-electron chi connectivity index (χ0n) is 9.20. The maximum absolute atomic E-state index is 9.33. The molecule has 0 heterocycles. The molecule has 1 unspecified atom stereocenters. The topological polar surface area (TPSA) is 23.8 Å². The fourth-order valence-electron chi connectivity index (χ4n) is 1.72. The smallest absolute Gasteiger partial charge is 0.0977 e. The van der Waals surface area contributed by atoms with Crippen molar-refractivity contribution < 1.29 is 0 Å². The van der Waals surface area contributed by atoms with Crippen LogP contribution in [0.4, 0.5) is 0 Å². The predicted octanol–water partition coefficient (Wildman–Crippen LogP) is 5.30. The number of nitrogens with zero attached hydrogens (tertiary/aromatic N) is 1. The van der Waals surface area contributed by atoms with Crippen LogP contribution in [0.25, 0.3) is 0 Å². The van der Waals surface area contributed by atoms with E-state index in [4.69, 9.17) is 34.8 Å². The van der Waals surface area contributed by atoms with Crippen LogP contribution >= 0.6 is 34.8 Å². The van der Waals surface area contributed by atoms with Crippen molar-refractivity contribution in [1.29, 1.82) is 5.26 Å². The fraction of sp³-hybridized carbons (Fsp3) is 0.0714. The summed E-state index contributed by atoms with van der Waals surface area (Å²) in [6.07, 6.45) is 0. The molecule has 0 aliphatic rings. The van der Waals surface area contributed by atoms with Gasteiger partial charge in [0.25, 0.3) is 0 Å².